The van der Waals surface area contributed by atoms with Crippen LogP contribution in [0, 0.1) is 5.92 Å². The molecule has 112 valence electrons. The number of hydrogen-bond donors (Lipinski definition) is 1. The van der Waals surface area contributed by atoms with Gasteiger partial charge in [-0.15, -0.1) is 0 Å². The fraction of sp³-hybridized carbons (Fsp3) is 0.875. The van der Waals surface area contributed by atoms with Crippen LogP contribution in [-0.4, -0.2) is 34.8 Å². The van der Waals surface area contributed by atoms with Gasteiger partial charge in [-0.1, -0.05) is 38.5 Å². The Bertz CT molecular complexity index is 397. The molecule has 1 heterocycles. The SMILES string of the molecule is CC1C(=O)NC2(CCCCC2)C(=O)N1CCC1CCC1. The molecule has 0 aromatic rings. The van der Waals surface area contributed by atoms with E-state index in [1.807, 2.05) is 11.8 Å². The lowest BCUT2D eigenvalue weighted by atomic mass is 9.78. The molecule has 0 aromatic heterocycles. The van der Waals surface area contributed by atoms with Gasteiger partial charge in [-0.05, 0) is 32.1 Å². The van der Waals surface area contributed by atoms with Crippen molar-refractivity contribution in [2.24, 2.45) is 5.92 Å². The van der Waals surface area contributed by atoms with E-state index in [9.17, 15) is 9.59 Å². The van der Waals surface area contributed by atoms with Crippen molar-refractivity contribution in [1.82, 2.24) is 10.2 Å². The Morgan fingerprint density at radius 1 is 1.15 bits per heavy atom. The van der Waals surface area contributed by atoms with Crippen LogP contribution in [0.2, 0.25) is 0 Å². The maximum Gasteiger partial charge on any atom is 0.248 e. The minimum Gasteiger partial charge on any atom is -0.340 e. The zero-order valence-corrected chi connectivity index (χ0v) is 12.5. The first-order valence-corrected chi connectivity index (χ1v) is 8.25. The first-order chi connectivity index (χ1) is 9.62. The van der Waals surface area contributed by atoms with Crippen LogP contribution in [0.25, 0.3) is 0 Å². The molecule has 2 saturated carbocycles. The fourth-order valence-electron chi connectivity index (χ4n) is 3.88. The average molecular weight is 278 g/mol. The average Bonchev–Trinajstić information content (AvgIpc) is 2.40. The zero-order chi connectivity index (χ0) is 14.2. The molecule has 3 fully saturated rings. The van der Waals surface area contributed by atoms with E-state index in [1.165, 1.54) is 25.7 Å². The van der Waals surface area contributed by atoms with Crippen molar-refractivity contribution in [2.75, 3.05) is 6.54 Å². The van der Waals surface area contributed by atoms with E-state index < -0.39 is 5.54 Å². The Hall–Kier alpha value is -1.06. The molecule has 4 heteroatoms. The Labute approximate surface area is 121 Å². The third kappa shape index (κ3) is 2.33. The number of nitrogens with one attached hydrogen (secondary N) is 1. The third-order valence-corrected chi connectivity index (χ3v) is 5.59. The summed E-state index contributed by atoms with van der Waals surface area (Å²) in [7, 11) is 0. The van der Waals surface area contributed by atoms with E-state index in [-0.39, 0.29) is 17.9 Å². The Morgan fingerprint density at radius 2 is 1.85 bits per heavy atom. The Balaban J connectivity index is 1.71. The molecule has 3 aliphatic rings. The van der Waals surface area contributed by atoms with Gasteiger partial charge in [0.05, 0.1) is 0 Å². The van der Waals surface area contributed by atoms with Crippen molar-refractivity contribution < 1.29 is 9.59 Å². The lowest BCUT2D eigenvalue weighted by Crippen LogP contribution is -2.70. The standard InChI is InChI=1S/C16H26N2O2/c1-12-14(19)17-16(9-3-2-4-10-16)15(20)18(12)11-8-13-6-5-7-13/h12-13H,2-11H2,1H3,(H,17,19). The van der Waals surface area contributed by atoms with Crippen LogP contribution < -0.4 is 5.32 Å². The number of hydrogen-bond acceptors (Lipinski definition) is 2. The van der Waals surface area contributed by atoms with Crippen molar-refractivity contribution >= 4 is 11.8 Å². The van der Waals surface area contributed by atoms with Crippen molar-refractivity contribution in [3.63, 3.8) is 0 Å². The largest absolute Gasteiger partial charge is 0.340 e. The molecule has 3 rings (SSSR count). The smallest absolute Gasteiger partial charge is 0.248 e. The third-order valence-electron chi connectivity index (χ3n) is 5.59. The summed E-state index contributed by atoms with van der Waals surface area (Å²) < 4.78 is 0. The van der Waals surface area contributed by atoms with Gasteiger partial charge in [0.25, 0.3) is 0 Å². The van der Waals surface area contributed by atoms with Gasteiger partial charge in [0.15, 0.2) is 0 Å². The van der Waals surface area contributed by atoms with E-state index in [0.29, 0.717) is 0 Å². The highest BCUT2D eigenvalue weighted by Gasteiger charge is 2.49. The van der Waals surface area contributed by atoms with E-state index in [1.54, 1.807) is 0 Å². The van der Waals surface area contributed by atoms with Crippen LogP contribution in [-0.2, 0) is 9.59 Å². The molecule has 1 saturated heterocycles. The van der Waals surface area contributed by atoms with Crippen LogP contribution in [0.1, 0.15) is 64.7 Å². The molecule has 0 bridgehead atoms. The Kier molecular flexibility index (Phi) is 3.74. The molecule has 1 aliphatic heterocycles. The number of amides is 2. The zero-order valence-electron chi connectivity index (χ0n) is 12.5. The molecule has 1 atom stereocenters. The van der Waals surface area contributed by atoms with Crippen LogP contribution >= 0.6 is 0 Å². The summed E-state index contributed by atoms with van der Waals surface area (Å²) in [6.45, 7) is 2.63. The van der Waals surface area contributed by atoms with Gasteiger partial charge in [-0.3, -0.25) is 9.59 Å². The summed E-state index contributed by atoms with van der Waals surface area (Å²) in [6, 6.07) is -0.296. The van der Waals surface area contributed by atoms with Gasteiger partial charge in [-0.25, -0.2) is 0 Å². The summed E-state index contributed by atoms with van der Waals surface area (Å²) >= 11 is 0. The van der Waals surface area contributed by atoms with Gasteiger partial charge in [0.2, 0.25) is 11.8 Å². The number of rotatable bonds is 3. The topological polar surface area (TPSA) is 49.4 Å². The number of carbonyl (C=O) groups excluding carboxylic acids is 2. The second-order valence-electron chi connectivity index (χ2n) is 6.89. The summed E-state index contributed by atoms with van der Waals surface area (Å²) in [5.74, 6) is 1.01. The second-order valence-corrected chi connectivity index (χ2v) is 6.89. The van der Waals surface area contributed by atoms with Crippen LogP contribution in [0.15, 0.2) is 0 Å². The van der Waals surface area contributed by atoms with Crippen molar-refractivity contribution in [1.29, 1.82) is 0 Å². The predicted molar refractivity (Wildman–Crippen MR) is 77.1 cm³/mol. The first-order valence-electron chi connectivity index (χ1n) is 8.25. The highest BCUT2D eigenvalue weighted by atomic mass is 16.2. The quantitative estimate of drug-likeness (QED) is 0.860. The predicted octanol–water partition coefficient (Wildman–Crippen LogP) is 2.23. The fourth-order valence-corrected chi connectivity index (χ4v) is 3.88. The van der Waals surface area contributed by atoms with Crippen LogP contribution in [0.4, 0.5) is 0 Å². The highest BCUT2D eigenvalue weighted by molar-refractivity contribution is 5.99. The van der Waals surface area contributed by atoms with E-state index in [4.69, 9.17) is 0 Å². The molecule has 1 unspecified atom stereocenters. The molecular weight excluding hydrogens is 252 g/mol. The van der Waals surface area contributed by atoms with Gasteiger partial charge < -0.3 is 10.2 Å². The van der Waals surface area contributed by atoms with Crippen molar-refractivity contribution in [3.05, 3.63) is 0 Å². The van der Waals surface area contributed by atoms with E-state index in [2.05, 4.69) is 5.32 Å². The minimum atomic E-state index is -0.568. The lowest BCUT2D eigenvalue weighted by Gasteiger charge is -2.47. The molecule has 4 nitrogen and oxygen atoms in total. The lowest BCUT2D eigenvalue weighted by molar-refractivity contribution is -0.156. The summed E-state index contributed by atoms with van der Waals surface area (Å²) in [5.41, 5.74) is -0.568. The van der Waals surface area contributed by atoms with Crippen LogP contribution in [0.5, 0.6) is 0 Å². The van der Waals surface area contributed by atoms with Gasteiger partial charge in [0, 0.05) is 6.54 Å². The normalized spacial score (nSPS) is 30.2. The first kappa shape index (κ1) is 13.9. The minimum absolute atomic E-state index is 0.0418. The molecule has 1 N–H and O–H groups in total. The summed E-state index contributed by atoms with van der Waals surface area (Å²) in [4.78, 5) is 27.0. The van der Waals surface area contributed by atoms with Gasteiger partial charge in [0.1, 0.15) is 11.6 Å². The van der Waals surface area contributed by atoms with E-state index >= 15 is 0 Å². The van der Waals surface area contributed by atoms with Crippen LogP contribution in [0.3, 0.4) is 0 Å². The Morgan fingerprint density at radius 3 is 2.45 bits per heavy atom. The number of nitrogens with zero attached hydrogens (tertiary/aromatic N) is 1. The highest BCUT2D eigenvalue weighted by Crippen LogP contribution is 2.35. The molecule has 1 spiro atoms. The summed E-state index contributed by atoms with van der Waals surface area (Å²) in [5, 5.41) is 3.05. The molecular formula is C16H26N2O2. The summed E-state index contributed by atoms with van der Waals surface area (Å²) in [6.07, 6.45) is 9.93. The maximum absolute atomic E-state index is 12.9. The molecule has 2 amide bonds. The van der Waals surface area contributed by atoms with Gasteiger partial charge >= 0.3 is 0 Å². The van der Waals surface area contributed by atoms with Crippen molar-refractivity contribution in [3.8, 4) is 0 Å². The molecule has 20 heavy (non-hydrogen) atoms. The van der Waals surface area contributed by atoms with E-state index in [0.717, 1.165) is 44.6 Å². The monoisotopic (exact) mass is 278 g/mol. The number of carbonyl (C=O) groups is 2. The maximum atomic E-state index is 12.9. The number of piperazine rings is 1. The molecule has 0 radical (unpaired) electrons. The van der Waals surface area contributed by atoms with Crippen molar-refractivity contribution in [2.45, 2.75) is 76.3 Å². The molecule has 0 aromatic carbocycles. The molecule has 2 aliphatic carbocycles. The second kappa shape index (κ2) is 5.38. The van der Waals surface area contributed by atoms with Gasteiger partial charge in [-0.2, -0.15) is 0 Å².